The van der Waals surface area contributed by atoms with Gasteiger partial charge in [0.1, 0.15) is 0 Å². The monoisotopic (exact) mass is 352 g/mol. The molecule has 2 aromatic rings. The Kier molecular flexibility index (Phi) is 4.26. The predicted octanol–water partition coefficient (Wildman–Crippen LogP) is 2.41. The van der Waals surface area contributed by atoms with E-state index in [2.05, 4.69) is 10.2 Å². The Labute approximate surface area is 153 Å². The number of aromatic amines is 1. The molecule has 1 aromatic carbocycles. The third kappa shape index (κ3) is 3.00. The molecule has 26 heavy (non-hydrogen) atoms. The maximum Gasteiger partial charge on any atom is 0.253 e. The van der Waals surface area contributed by atoms with Gasteiger partial charge in [0.25, 0.3) is 5.91 Å². The lowest BCUT2D eigenvalue weighted by atomic mass is 9.88. The van der Waals surface area contributed by atoms with Crippen LogP contribution in [0.3, 0.4) is 0 Å². The van der Waals surface area contributed by atoms with Crippen molar-refractivity contribution in [3.63, 3.8) is 0 Å². The van der Waals surface area contributed by atoms with E-state index in [9.17, 15) is 9.59 Å². The number of likely N-dealkylation sites (tertiary alicyclic amines) is 1. The van der Waals surface area contributed by atoms with Crippen LogP contribution in [-0.2, 0) is 4.79 Å². The van der Waals surface area contributed by atoms with Crippen molar-refractivity contribution in [3.05, 3.63) is 42.2 Å². The Hall–Kier alpha value is -2.63. The van der Waals surface area contributed by atoms with E-state index in [1.807, 2.05) is 54.4 Å². The van der Waals surface area contributed by atoms with Gasteiger partial charge in [-0.25, -0.2) is 0 Å². The summed E-state index contributed by atoms with van der Waals surface area (Å²) in [5.41, 5.74) is 2.63. The lowest BCUT2D eigenvalue weighted by Crippen LogP contribution is -2.39. The zero-order valence-electron chi connectivity index (χ0n) is 15.2. The molecule has 136 valence electrons. The van der Waals surface area contributed by atoms with Gasteiger partial charge in [-0.1, -0.05) is 12.1 Å². The van der Waals surface area contributed by atoms with E-state index in [0.29, 0.717) is 23.8 Å². The molecular formula is C20H24N4O2. The highest BCUT2D eigenvalue weighted by molar-refractivity contribution is 5.95. The van der Waals surface area contributed by atoms with Gasteiger partial charge in [-0.3, -0.25) is 14.7 Å². The summed E-state index contributed by atoms with van der Waals surface area (Å²) in [6.45, 7) is 0.817. The number of fused-ring (bicyclic) bond motifs is 1. The summed E-state index contributed by atoms with van der Waals surface area (Å²) in [6.07, 6.45) is 6.10. The number of hydrogen-bond acceptors (Lipinski definition) is 3. The quantitative estimate of drug-likeness (QED) is 0.922. The second kappa shape index (κ2) is 6.59. The third-order valence-corrected chi connectivity index (χ3v) is 6.00. The fourth-order valence-corrected chi connectivity index (χ4v) is 4.41. The van der Waals surface area contributed by atoms with Crippen LogP contribution >= 0.6 is 0 Å². The Balaban J connectivity index is 1.49. The van der Waals surface area contributed by atoms with Crippen molar-refractivity contribution in [2.24, 2.45) is 11.8 Å². The normalized spacial score (nSPS) is 25.2. The minimum atomic E-state index is 0.0404. The molecule has 0 spiro atoms. The highest BCUT2D eigenvalue weighted by atomic mass is 16.2. The van der Waals surface area contributed by atoms with Crippen LogP contribution in [0, 0.1) is 11.8 Å². The topological polar surface area (TPSA) is 69.3 Å². The number of amides is 2. The smallest absolute Gasteiger partial charge is 0.253 e. The first-order chi connectivity index (χ1) is 12.5. The molecule has 1 saturated heterocycles. The van der Waals surface area contributed by atoms with Gasteiger partial charge in [0.2, 0.25) is 5.91 Å². The first-order valence-electron chi connectivity index (χ1n) is 9.13. The van der Waals surface area contributed by atoms with Crippen LogP contribution in [0.25, 0.3) is 11.1 Å². The molecule has 1 N–H and O–H groups in total. The van der Waals surface area contributed by atoms with Crippen molar-refractivity contribution >= 4 is 11.8 Å². The second-order valence-electron chi connectivity index (χ2n) is 7.61. The molecule has 2 aliphatic rings. The van der Waals surface area contributed by atoms with Crippen LogP contribution in [0.15, 0.2) is 36.7 Å². The molecule has 2 amide bonds. The Morgan fingerprint density at radius 3 is 2.85 bits per heavy atom. The number of benzene rings is 1. The van der Waals surface area contributed by atoms with Gasteiger partial charge in [0.15, 0.2) is 0 Å². The van der Waals surface area contributed by atoms with E-state index in [4.69, 9.17) is 0 Å². The summed E-state index contributed by atoms with van der Waals surface area (Å²) in [5.74, 6) is 1.19. The molecule has 3 atom stereocenters. The molecule has 6 heteroatoms. The average molecular weight is 352 g/mol. The van der Waals surface area contributed by atoms with Gasteiger partial charge in [0.05, 0.1) is 6.20 Å². The van der Waals surface area contributed by atoms with E-state index in [-0.39, 0.29) is 17.9 Å². The summed E-state index contributed by atoms with van der Waals surface area (Å²) < 4.78 is 0. The molecule has 1 aliphatic carbocycles. The summed E-state index contributed by atoms with van der Waals surface area (Å²) in [6, 6.07) is 7.87. The minimum Gasteiger partial charge on any atom is -0.345 e. The fraction of sp³-hybridized carbons (Fsp3) is 0.450. The number of rotatable bonds is 3. The highest BCUT2D eigenvalue weighted by Crippen LogP contribution is 2.40. The van der Waals surface area contributed by atoms with Gasteiger partial charge in [-0.15, -0.1) is 0 Å². The number of H-pyrrole nitrogens is 1. The predicted molar refractivity (Wildman–Crippen MR) is 98.4 cm³/mol. The fourth-order valence-electron chi connectivity index (χ4n) is 4.41. The number of hydrogen-bond donors (Lipinski definition) is 1. The summed E-state index contributed by atoms with van der Waals surface area (Å²) >= 11 is 0. The standard InChI is InChI=1S/C20H24N4O2/c1-23-12-16-8-18(7-15(16)9-19(23)25)24(2)20(26)14-5-3-4-13(6-14)17-10-21-22-11-17/h3-6,10-11,15-16,18H,7-9,12H2,1-2H3,(H,21,22)/t15-,16+,18-/m0/s1. The van der Waals surface area contributed by atoms with E-state index in [1.54, 1.807) is 6.20 Å². The number of piperidine rings is 1. The molecular weight excluding hydrogens is 328 g/mol. The van der Waals surface area contributed by atoms with E-state index >= 15 is 0 Å². The maximum absolute atomic E-state index is 13.0. The number of nitrogens with one attached hydrogen (secondary N) is 1. The molecule has 0 unspecified atom stereocenters. The van der Waals surface area contributed by atoms with Gasteiger partial charge in [-0.2, -0.15) is 5.10 Å². The molecule has 4 rings (SSSR count). The minimum absolute atomic E-state index is 0.0404. The van der Waals surface area contributed by atoms with Gasteiger partial charge < -0.3 is 9.80 Å². The van der Waals surface area contributed by atoms with Crippen LogP contribution in [0.5, 0.6) is 0 Å². The zero-order valence-corrected chi connectivity index (χ0v) is 15.2. The first kappa shape index (κ1) is 16.8. The van der Waals surface area contributed by atoms with E-state index < -0.39 is 0 Å². The van der Waals surface area contributed by atoms with Crippen LogP contribution in [0.1, 0.15) is 29.6 Å². The van der Waals surface area contributed by atoms with Crippen molar-refractivity contribution in [2.75, 3.05) is 20.6 Å². The lowest BCUT2D eigenvalue weighted by molar-refractivity contribution is -0.134. The molecule has 6 nitrogen and oxygen atoms in total. The van der Waals surface area contributed by atoms with Crippen LogP contribution in [0.4, 0.5) is 0 Å². The summed E-state index contributed by atoms with van der Waals surface area (Å²) in [7, 11) is 3.77. The van der Waals surface area contributed by atoms with Crippen molar-refractivity contribution in [1.82, 2.24) is 20.0 Å². The van der Waals surface area contributed by atoms with Crippen LogP contribution in [0.2, 0.25) is 0 Å². The average Bonchev–Trinajstić information content (AvgIpc) is 3.31. The third-order valence-electron chi connectivity index (χ3n) is 6.00. The summed E-state index contributed by atoms with van der Waals surface area (Å²) in [5, 5.41) is 6.78. The first-order valence-corrected chi connectivity index (χ1v) is 9.13. The Morgan fingerprint density at radius 1 is 1.27 bits per heavy atom. The van der Waals surface area contributed by atoms with Gasteiger partial charge >= 0.3 is 0 Å². The number of aromatic nitrogens is 2. The van der Waals surface area contributed by atoms with Gasteiger partial charge in [-0.05, 0) is 42.4 Å². The Bertz CT molecular complexity index is 817. The van der Waals surface area contributed by atoms with Crippen LogP contribution in [-0.4, -0.2) is 58.5 Å². The number of carbonyl (C=O) groups excluding carboxylic acids is 2. The number of nitrogens with zero attached hydrogens (tertiary/aromatic N) is 3. The molecule has 2 fully saturated rings. The summed E-state index contributed by atoms with van der Waals surface area (Å²) in [4.78, 5) is 28.7. The largest absolute Gasteiger partial charge is 0.345 e. The number of carbonyl (C=O) groups is 2. The molecule has 1 aliphatic heterocycles. The highest BCUT2D eigenvalue weighted by Gasteiger charge is 2.42. The Morgan fingerprint density at radius 2 is 2.08 bits per heavy atom. The van der Waals surface area contributed by atoms with E-state index in [1.165, 1.54) is 0 Å². The SMILES string of the molecule is CN1C[C@H]2C[C@@H](N(C)C(=O)c3cccc(-c4cn[nH]c4)c3)C[C@H]2CC1=O. The molecule has 2 heterocycles. The molecule has 1 saturated carbocycles. The lowest BCUT2D eigenvalue weighted by Gasteiger charge is -2.31. The van der Waals surface area contributed by atoms with E-state index in [0.717, 1.165) is 30.5 Å². The molecule has 0 bridgehead atoms. The second-order valence-corrected chi connectivity index (χ2v) is 7.61. The van der Waals surface area contributed by atoms with Crippen molar-refractivity contribution < 1.29 is 9.59 Å². The van der Waals surface area contributed by atoms with Gasteiger partial charge in [0, 0.05) is 50.4 Å². The molecule has 0 radical (unpaired) electrons. The maximum atomic E-state index is 13.0. The van der Waals surface area contributed by atoms with Crippen molar-refractivity contribution in [2.45, 2.75) is 25.3 Å². The van der Waals surface area contributed by atoms with Crippen molar-refractivity contribution in [1.29, 1.82) is 0 Å². The van der Waals surface area contributed by atoms with Crippen molar-refractivity contribution in [3.8, 4) is 11.1 Å². The zero-order chi connectivity index (χ0) is 18.3. The molecule has 1 aromatic heterocycles. The van der Waals surface area contributed by atoms with Crippen LogP contribution < -0.4 is 0 Å².